The van der Waals surface area contributed by atoms with Crippen molar-refractivity contribution in [1.29, 1.82) is 0 Å². The van der Waals surface area contributed by atoms with Gasteiger partial charge in [-0.25, -0.2) is 13.4 Å². The minimum absolute atomic E-state index is 0.364. The summed E-state index contributed by atoms with van der Waals surface area (Å²) in [5.41, 5.74) is 0. The maximum absolute atomic E-state index is 11.2. The van der Waals surface area contributed by atoms with Crippen molar-refractivity contribution >= 4 is 9.84 Å². The molecule has 1 heterocycles. The van der Waals surface area contributed by atoms with Crippen molar-refractivity contribution in [1.82, 2.24) is 9.55 Å². The molecule has 1 N–H and O–H groups in total. The minimum atomic E-state index is -3.25. The second kappa shape index (κ2) is 3.70. The van der Waals surface area contributed by atoms with Gasteiger partial charge in [0.2, 0.25) is 0 Å². The molecule has 5 nitrogen and oxygen atoms in total. The molecule has 0 amide bonds. The van der Waals surface area contributed by atoms with Crippen molar-refractivity contribution in [2.45, 2.75) is 18.3 Å². The quantitative estimate of drug-likeness (QED) is 0.768. The van der Waals surface area contributed by atoms with Gasteiger partial charge in [-0.15, -0.1) is 0 Å². The summed E-state index contributed by atoms with van der Waals surface area (Å²) >= 11 is 0. The van der Waals surface area contributed by atoms with E-state index in [9.17, 15) is 13.5 Å². The molecule has 0 saturated carbocycles. The molecule has 0 radical (unpaired) electrons. The third kappa shape index (κ3) is 2.13. The largest absolute Gasteiger partial charge is 0.384 e. The molecule has 0 saturated heterocycles. The average molecular weight is 218 g/mol. The first-order valence-corrected chi connectivity index (χ1v) is 6.13. The lowest BCUT2D eigenvalue weighted by Gasteiger charge is -2.16. The zero-order valence-corrected chi connectivity index (χ0v) is 9.19. The van der Waals surface area contributed by atoms with Gasteiger partial charge in [-0.2, -0.15) is 0 Å². The van der Waals surface area contributed by atoms with Gasteiger partial charge in [-0.1, -0.05) is 0 Å². The van der Waals surface area contributed by atoms with E-state index in [0.717, 1.165) is 6.26 Å². The molecule has 2 atom stereocenters. The molecule has 0 fully saturated rings. The Balaban J connectivity index is 2.97. The fourth-order valence-electron chi connectivity index (χ4n) is 1.11. The van der Waals surface area contributed by atoms with Crippen molar-refractivity contribution in [3.8, 4) is 0 Å². The molecule has 0 aliphatic rings. The first kappa shape index (κ1) is 11.2. The first-order valence-electron chi connectivity index (χ1n) is 4.18. The molecule has 0 aliphatic heterocycles. The number of aliphatic hydroxyl groups excluding tert-OH is 1. The zero-order chi connectivity index (χ0) is 10.9. The third-order valence-corrected chi connectivity index (χ3v) is 3.85. The van der Waals surface area contributed by atoms with Crippen LogP contribution in [0, 0.1) is 0 Å². The molecule has 1 rings (SSSR count). The molecular weight excluding hydrogens is 204 g/mol. The van der Waals surface area contributed by atoms with Crippen LogP contribution in [0.25, 0.3) is 0 Å². The van der Waals surface area contributed by atoms with Gasteiger partial charge in [0.25, 0.3) is 0 Å². The van der Waals surface area contributed by atoms with Gasteiger partial charge in [0.1, 0.15) is 11.9 Å². The van der Waals surface area contributed by atoms with Gasteiger partial charge in [-0.3, -0.25) is 0 Å². The highest BCUT2D eigenvalue weighted by Gasteiger charge is 2.27. The van der Waals surface area contributed by atoms with Crippen LogP contribution in [0.3, 0.4) is 0 Å². The lowest BCUT2D eigenvalue weighted by Crippen LogP contribution is -2.26. The van der Waals surface area contributed by atoms with Gasteiger partial charge in [0.05, 0.1) is 5.25 Å². The Bertz CT molecular complexity index is 410. The smallest absolute Gasteiger partial charge is 0.153 e. The molecule has 1 aromatic heterocycles. The van der Waals surface area contributed by atoms with E-state index in [2.05, 4.69) is 4.98 Å². The third-order valence-electron chi connectivity index (χ3n) is 2.24. The summed E-state index contributed by atoms with van der Waals surface area (Å²) in [6.07, 6.45) is 3.20. The van der Waals surface area contributed by atoms with E-state index in [4.69, 9.17) is 0 Å². The summed E-state index contributed by atoms with van der Waals surface area (Å²) in [6.45, 7) is 1.47. The number of nitrogens with zero attached hydrogens (tertiary/aromatic N) is 2. The number of hydrogen-bond acceptors (Lipinski definition) is 4. The zero-order valence-electron chi connectivity index (χ0n) is 8.38. The topological polar surface area (TPSA) is 72.2 Å². The Morgan fingerprint density at radius 1 is 1.57 bits per heavy atom. The highest BCUT2D eigenvalue weighted by Crippen LogP contribution is 2.19. The van der Waals surface area contributed by atoms with Crippen LogP contribution in [0.4, 0.5) is 0 Å². The van der Waals surface area contributed by atoms with Crippen molar-refractivity contribution in [2.75, 3.05) is 6.26 Å². The van der Waals surface area contributed by atoms with E-state index < -0.39 is 21.2 Å². The number of aryl methyl sites for hydroxylation is 1. The summed E-state index contributed by atoms with van der Waals surface area (Å²) in [5.74, 6) is 0.364. The van der Waals surface area contributed by atoms with Crippen LogP contribution in [-0.2, 0) is 16.9 Å². The highest BCUT2D eigenvalue weighted by atomic mass is 32.2. The number of imidazole rings is 1. The number of hydrogen-bond donors (Lipinski definition) is 1. The SMILES string of the molecule is CC(C(O)c1nccn1C)S(C)(=O)=O. The van der Waals surface area contributed by atoms with E-state index in [1.165, 1.54) is 13.1 Å². The Kier molecular flexibility index (Phi) is 2.96. The molecule has 80 valence electrons. The second-order valence-corrected chi connectivity index (χ2v) is 5.78. The molecule has 0 aromatic carbocycles. The Morgan fingerprint density at radius 3 is 2.50 bits per heavy atom. The molecule has 1 aromatic rings. The average Bonchev–Trinajstić information content (AvgIpc) is 2.47. The van der Waals surface area contributed by atoms with Crippen LogP contribution in [-0.4, -0.2) is 34.6 Å². The summed E-state index contributed by atoms with van der Waals surface area (Å²) in [5, 5.41) is 8.89. The number of rotatable bonds is 3. The van der Waals surface area contributed by atoms with Gasteiger partial charge in [-0.05, 0) is 6.92 Å². The van der Waals surface area contributed by atoms with E-state index in [1.54, 1.807) is 17.8 Å². The van der Waals surface area contributed by atoms with Crippen LogP contribution in [0.5, 0.6) is 0 Å². The summed E-state index contributed by atoms with van der Waals surface area (Å²) in [7, 11) is -1.54. The summed E-state index contributed by atoms with van der Waals surface area (Å²) < 4.78 is 24.0. The minimum Gasteiger partial charge on any atom is -0.384 e. The van der Waals surface area contributed by atoms with Crippen LogP contribution >= 0.6 is 0 Å². The molecule has 0 spiro atoms. The van der Waals surface area contributed by atoms with E-state index in [1.807, 2.05) is 0 Å². The van der Waals surface area contributed by atoms with Crippen molar-refractivity contribution in [3.63, 3.8) is 0 Å². The highest BCUT2D eigenvalue weighted by molar-refractivity contribution is 7.91. The normalized spacial score (nSPS) is 16.6. The van der Waals surface area contributed by atoms with E-state index in [-0.39, 0.29) is 0 Å². The van der Waals surface area contributed by atoms with Gasteiger partial charge in [0, 0.05) is 25.7 Å². The molecule has 2 unspecified atom stereocenters. The first-order chi connectivity index (χ1) is 6.34. The van der Waals surface area contributed by atoms with Gasteiger partial charge >= 0.3 is 0 Å². The maximum atomic E-state index is 11.2. The number of aromatic nitrogens is 2. The predicted molar refractivity (Wildman–Crippen MR) is 52.5 cm³/mol. The van der Waals surface area contributed by atoms with E-state index in [0.29, 0.717) is 5.82 Å². The fourth-order valence-corrected chi connectivity index (χ4v) is 1.70. The lowest BCUT2D eigenvalue weighted by molar-refractivity contribution is 0.163. The molecule has 0 bridgehead atoms. The Labute approximate surface area is 83.3 Å². The van der Waals surface area contributed by atoms with Crippen LogP contribution in [0.1, 0.15) is 18.9 Å². The van der Waals surface area contributed by atoms with Gasteiger partial charge in [0.15, 0.2) is 9.84 Å². The second-order valence-electron chi connectivity index (χ2n) is 3.38. The molecular formula is C8H14N2O3S. The van der Waals surface area contributed by atoms with Crippen LogP contribution in [0.2, 0.25) is 0 Å². The lowest BCUT2D eigenvalue weighted by atomic mass is 10.2. The summed E-state index contributed by atoms with van der Waals surface area (Å²) in [6, 6.07) is 0. The number of aliphatic hydroxyl groups is 1. The van der Waals surface area contributed by atoms with Crippen LogP contribution < -0.4 is 0 Å². The van der Waals surface area contributed by atoms with Crippen molar-refractivity contribution in [2.24, 2.45) is 7.05 Å². The number of sulfone groups is 1. The van der Waals surface area contributed by atoms with Gasteiger partial charge < -0.3 is 9.67 Å². The van der Waals surface area contributed by atoms with Crippen molar-refractivity contribution < 1.29 is 13.5 Å². The Morgan fingerprint density at radius 2 is 2.14 bits per heavy atom. The summed E-state index contributed by atoms with van der Waals surface area (Å²) in [4.78, 5) is 3.90. The standard InChI is InChI=1S/C8H14N2O3S/c1-6(14(3,12)13)7(11)8-9-4-5-10(8)2/h4-7,11H,1-3H3. The fraction of sp³-hybridized carbons (Fsp3) is 0.625. The monoisotopic (exact) mass is 218 g/mol. The molecule has 14 heavy (non-hydrogen) atoms. The van der Waals surface area contributed by atoms with E-state index >= 15 is 0 Å². The predicted octanol–water partition coefficient (Wildman–Crippen LogP) is -0.113. The molecule has 0 aliphatic carbocycles. The maximum Gasteiger partial charge on any atom is 0.153 e. The molecule has 6 heteroatoms. The van der Waals surface area contributed by atoms with Crippen molar-refractivity contribution in [3.05, 3.63) is 18.2 Å². The van der Waals surface area contributed by atoms with Crippen LogP contribution in [0.15, 0.2) is 12.4 Å². The Hall–Kier alpha value is -0.880.